The van der Waals surface area contributed by atoms with E-state index in [2.05, 4.69) is 0 Å². The van der Waals surface area contributed by atoms with E-state index in [0.717, 1.165) is 18.9 Å². The zero-order valence-electron chi connectivity index (χ0n) is 18.8. The second-order valence-electron chi connectivity index (χ2n) is 7.82. The molecule has 2 rings (SSSR count). The molecular weight excluding hydrogens is 443 g/mol. The molecule has 0 fully saturated rings. The summed E-state index contributed by atoms with van der Waals surface area (Å²) in [6, 6.07) is 8.73. The molecule has 2 aromatic rings. The van der Waals surface area contributed by atoms with Crippen molar-refractivity contribution in [1.29, 1.82) is 0 Å². The predicted molar refractivity (Wildman–Crippen MR) is 116 cm³/mol. The third-order valence-corrected chi connectivity index (χ3v) is 5.30. The standard InChI is InChI=1S/C25H29F5O3/c1-3-5-7-18(25(28,29)30)14-16-33-24(31)21-13-12-20(22(26)23(21)27)17-8-10-19(11-9-17)32-15-6-4-2/h8-13,18H,3-7,14-16H2,1-2H3. The number of ether oxygens (including phenoxy) is 2. The van der Waals surface area contributed by atoms with E-state index in [0.29, 0.717) is 30.8 Å². The van der Waals surface area contributed by atoms with Crippen molar-refractivity contribution in [2.24, 2.45) is 5.92 Å². The monoisotopic (exact) mass is 472 g/mol. The summed E-state index contributed by atoms with van der Waals surface area (Å²) >= 11 is 0. The molecule has 3 nitrogen and oxygen atoms in total. The molecule has 1 atom stereocenters. The Kier molecular flexibility index (Phi) is 10.1. The third-order valence-electron chi connectivity index (χ3n) is 5.30. The smallest absolute Gasteiger partial charge is 0.391 e. The van der Waals surface area contributed by atoms with Crippen LogP contribution in [0.4, 0.5) is 22.0 Å². The summed E-state index contributed by atoms with van der Waals surface area (Å²) in [6.07, 6.45) is -2.02. The maximum absolute atomic E-state index is 14.6. The number of alkyl halides is 3. The van der Waals surface area contributed by atoms with Crippen LogP contribution in [0.5, 0.6) is 5.75 Å². The van der Waals surface area contributed by atoms with Gasteiger partial charge in [0.15, 0.2) is 11.6 Å². The number of hydrogen-bond donors (Lipinski definition) is 0. The highest BCUT2D eigenvalue weighted by Gasteiger charge is 2.38. The molecule has 0 N–H and O–H groups in total. The van der Waals surface area contributed by atoms with Gasteiger partial charge >= 0.3 is 12.1 Å². The van der Waals surface area contributed by atoms with Gasteiger partial charge in [-0.05, 0) is 43.0 Å². The number of esters is 1. The van der Waals surface area contributed by atoms with E-state index >= 15 is 0 Å². The van der Waals surface area contributed by atoms with E-state index < -0.39 is 48.3 Å². The number of unbranched alkanes of at least 4 members (excludes halogenated alkanes) is 2. The largest absolute Gasteiger partial charge is 0.494 e. The van der Waals surface area contributed by atoms with Gasteiger partial charge in [-0.25, -0.2) is 13.6 Å². The van der Waals surface area contributed by atoms with Gasteiger partial charge < -0.3 is 9.47 Å². The summed E-state index contributed by atoms with van der Waals surface area (Å²) < 4.78 is 78.7. The first-order valence-electron chi connectivity index (χ1n) is 11.1. The number of carbonyl (C=O) groups excluding carboxylic acids is 1. The van der Waals surface area contributed by atoms with Crippen molar-refractivity contribution in [3.63, 3.8) is 0 Å². The zero-order valence-corrected chi connectivity index (χ0v) is 18.8. The molecule has 0 aliphatic heterocycles. The first-order valence-corrected chi connectivity index (χ1v) is 11.1. The molecule has 0 bridgehead atoms. The van der Waals surface area contributed by atoms with E-state index in [9.17, 15) is 26.7 Å². The fourth-order valence-electron chi connectivity index (χ4n) is 3.29. The average molecular weight is 472 g/mol. The molecule has 182 valence electrons. The summed E-state index contributed by atoms with van der Waals surface area (Å²) in [6.45, 7) is 3.84. The molecule has 1 unspecified atom stereocenters. The number of halogens is 5. The Labute approximate surface area is 190 Å². The normalized spacial score (nSPS) is 12.5. The quantitative estimate of drug-likeness (QED) is 0.180. The van der Waals surface area contributed by atoms with Gasteiger partial charge in [0.2, 0.25) is 0 Å². The van der Waals surface area contributed by atoms with Gasteiger partial charge in [0.1, 0.15) is 5.75 Å². The van der Waals surface area contributed by atoms with Gasteiger partial charge in [0.05, 0.1) is 24.7 Å². The van der Waals surface area contributed by atoms with Crippen molar-refractivity contribution in [2.75, 3.05) is 13.2 Å². The highest BCUT2D eigenvalue weighted by molar-refractivity contribution is 5.90. The Morgan fingerprint density at radius 3 is 2.15 bits per heavy atom. The molecule has 0 saturated carbocycles. The van der Waals surface area contributed by atoms with E-state index in [1.807, 2.05) is 6.92 Å². The van der Waals surface area contributed by atoms with Crippen molar-refractivity contribution in [3.05, 3.63) is 53.6 Å². The van der Waals surface area contributed by atoms with Gasteiger partial charge in [0, 0.05) is 5.56 Å². The molecule has 0 aliphatic carbocycles. The van der Waals surface area contributed by atoms with Gasteiger partial charge in [-0.15, -0.1) is 0 Å². The second-order valence-corrected chi connectivity index (χ2v) is 7.82. The Morgan fingerprint density at radius 1 is 0.879 bits per heavy atom. The molecule has 0 amide bonds. The maximum atomic E-state index is 14.6. The molecule has 0 aromatic heterocycles. The highest BCUT2D eigenvalue weighted by atomic mass is 19.4. The SMILES string of the molecule is CCCCOc1ccc(-c2ccc(C(=O)OCCC(CCCC)C(F)(F)F)c(F)c2F)cc1. The molecule has 33 heavy (non-hydrogen) atoms. The second kappa shape index (κ2) is 12.6. The minimum Gasteiger partial charge on any atom is -0.494 e. The van der Waals surface area contributed by atoms with Crippen LogP contribution in [0.25, 0.3) is 11.1 Å². The Hall–Kier alpha value is -2.64. The lowest BCUT2D eigenvalue weighted by molar-refractivity contribution is -0.180. The van der Waals surface area contributed by atoms with Crippen LogP contribution in [0.1, 0.15) is 62.7 Å². The number of carbonyl (C=O) groups is 1. The van der Waals surface area contributed by atoms with Crippen LogP contribution >= 0.6 is 0 Å². The lowest BCUT2D eigenvalue weighted by Gasteiger charge is -2.19. The van der Waals surface area contributed by atoms with Crippen LogP contribution in [-0.2, 0) is 4.74 Å². The molecular formula is C25H29F5O3. The maximum Gasteiger partial charge on any atom is 0.391 e. The van der Waals surface area contributed by atoms with Gasteiger partial charge in [-0.3, -0.25) is 0 Å². The number of rotatable bonds is 12. The number of hydrogen-bond acceptors (Lipinski definition) is 3. The number of benzene rings is 2. The lowest BCUT2D eigenvalue weighted by atomic mass is 9.98. The van der Waals surface area contributed by atoms with Crippen LogP contribution in [0, 0.1) is 17.6 Å². The minimum absolute atomic E-state index is 0.0548. The zero-order chi connectivity index (χ0) is 24.4. The predicted octanol–water partition coefficient (Wildman–Crippen LogP) is 7.73. The Morgan fingerprint density at radius 2 is 1.55 bits per heavy atom. The van der Waals surface area contributed by atoms with Crippen molar-refractivity contribution in [3.8, 4) is 16.9 Å². The summed E-state index contributed by atoms with van der Waals surface area (Å²) in [7, 11) is 0. The first-order chi connectivity index (χ1) is 15.7. The minimum atomic E-state index is -4.41. The van der Waals surface area contributed by atoms with Crippen molar-refractivity contribution < 1.29 is 36.2 Å². The topological polar surface area (TPSA) is 35.5 Å². The summed E-state index contributed by atoms with van der Waals surface area (Å²) in [4.78, 5) is 12.2. The fraction of sp³-hybridized carbons (Fsp3) is 0.480. The van der Waals surface area contributed by atoms with Crippen LogP contribution in [0.15, 0.2) is 36.4 Å². The van der Waals surface area contributed by atoms with Crippen LogP contribution in [-0.4, -0.2) is 25.4 Å². The van der Waals surface area contributed by atoms with Crippen molar-refractivity contribution in [1.82, 2.24) is 0 Å². The summed E-state index contributed by atoms with van der Waals surface area (Å²) in [5, 5.41) is 0. The molecule has 0 radical (unpaired) electrons. The van der Waals surface area contributed by atoms with Crippen LogP contribution in [0.3, 0.4) is 0 Å². The Bertz CT molecular complexity index is 894. The molecule has 0 saturated heterocycles. The van der Waals surface area contributed by atoms with E-state index in [-0.39, 0.29) is 12.0 Å². The summed E-state index contributed by atoms with van der Waals surface area (Å²) in [5.74, 6) is -4.85. The van der Waals surface area contributed by atoms with Crippen molar-refractivity contribution >= 4 is 5.97 Å². The molecule has 0 heterocycles. The molecule has 0 aliphatic rings. The molecule has 0 spiro atoms. The summed E-state index contributed by atoms with van der Waals surface area (Å²) in [5.41, 5.74) is -0.327. The van der Waals surface area contributed by atoms with E-state index in [1.165, 1.54) is 6.07 Å². The van der Waals surface area contributed by atoms with E-state index in [4.69, 9.17) is 9.47 Å². The average Bonchev–Trinajstić information content (AvgIpc) is 2.77. The first kappa shape index (κ1) is 26.6. The van der Waals surface area contributed by atoms with Gasteiger partial charge in [-0.1, -0.05) is 51.3 Å². The molecule has 8 heteroatoms. The fourth-order valence-corrected chi connectivity index (χ4v) is 3.29. The van der Waals surface area contributed by atoms with Gasteiger partial charge in [0.25, 0.3) is 0 Å². The van der Waals surface area contributed by atoms with Gasteiger partial charge in [-0.2, -0.15) is 13.2 Å². The van der Waals surface area contributed by atoms with E-state index in [1.54, 1.807) is 31.2 Å². The van der Waals surface area contributed by atoms with Crippen molar-refractivity contribution in [2.45, 2.75) is 58.5 Å². The van der Waals surface area contributed by atoms with Crippen LogP contribution in [0.2, 0.25) is 0 Å². The third kappa shape index (κ3) is 7.72. The highest BCUT2D eigenvalue weighted by Crippen LogP contribution is 2.33. The molecule has 2 aromatic carbocycles. The lowest BCUT2D eigenvalue weighted by Crippen LogP contribution is -2.25. The van der Waals surface area contributed by atoms with Crippen LogP contribution < -0.4 is 4.74 Å². The Balaban J connectivity index is 2.04.